The normalized spacial score (nSPS) is 32.6. The molecule has 4 fully saturated rings. The van der Waals surface area contributed by atoms with Gasteiger partial charge in [-0.1, -0.05) is 46.3 Å². The van der Waals surface area contributed by atoms with E-state index < -0.39 is 24.0 Å². The van der Waals surface area contributed by atoms with Crippen LogP contribution in [0.5, 0.6) is 0 Å². The smallest absolute Gasteiger partial charge is 0.321 e. The summed E-state index contributed by atoms with van der Waals surface area (Å²) in [5.41, 5.74) is 0.464. The van der Waals surface area contributed by atoms with E-state index in [0.29, 0.717) is 18.4 Å². The molecule has 28 heavy (non-hydrogen) atoms. The van der Waals surface area contributed by atoms with Crippen molar-refractivity contribution < 1.29 is 19.1 Å². The van der Waals surface area contributed by atoms with Crippen molar-refractivity contribution in [3.8, 4) is 0 Å². The van der Waals surface area contributed by atoms with Gasteiger partial charge in [-0.25, -0.2) is 4.79 Å². The molecule has 4 bridgehead atoms. The van der Waals surface area contributed by atoms with Crippen LogP contribution in [0.1, 0.15) is 44.1 Å². The molecule has 5 rings (SSSR count). The highest BCUT2D eigenvalue weighted by atomic mass is 79.9. The number of amides is 3. The molecule has 0 heterocycles. The third kappa shape index (κ3) is 4.09. The van der Waals surface area contributed by atoms with E-state index in [9.17, 15) is 14.4 Å². The maximum Gasteiger partial charge on any atom is 0.321 e. The van der Waals surface area contributed by atoms with E-state index in [0.717, 1.165) is 37.7 Å². The van der Waals surface area contributed by atoms with Crippen molar-refractivity contribution in [3.05, 3.63) is 35.9 Å². The van der Waals surface area contributed by atoms with Crippen molar-refractivity contribution >= 4 is 33.8 Å². The average Bonchev–Trinajstić information content (AvgIpc) is 2.63. The third-order valence-electron chi connectivity index (χ3n) is 6.31. The van der Waals surface area contributed by atoms with E-state index in [2.05, 4.69) is 26.6 Å². The minimum atomic E-state index is -0.614. The van der Waals surface area contributed by atoms with Crippen molar-refractivity contribution in [2.75, 3.05) is 6.61 Å². The summed E-state index contributed by atoms with van der Waals surface area (Å²) in [5.74, 6) is 0.221. The van der Waals surface area contributed by atoms with Gasteiger partial charge in [-0.05, 0) is 55.9 Å². The molecule has 0 radical (unpaired) electrons. The lowest BCUT2D eigenvalue weighted by molar-refractivity contribution is -0.171. The Kier molecular flexibility index (Phi) is 5.21. The van der Waals surface area contributed by atoms with Crippen molar-refractivity contribution in [2.24, 2.45) is 17.3 Å². The van der Waals surface area contributed by atoms with Crippen LogP contribution in [0.4, 0.5) is 4.79 Å². The Balaban J connectivity index is 1.24. The fourth-order valence-electron chi connectivity index (χ4n) is 5.66. The summed E-state index contributed by atoms with van der Waals surface area (Å²) in [6, 6.07) is 8.81. The standard InChI is InChI=1S/C21H25BrN2O4/c22-21-9-15-6-16(10-21)8-20(7-15,13-21)18(26)28-12-17(25)24-19(27)23-11-14-4-2-1-3-5-14/h1-5,15-16H,6-13H2,(H2,23,24,25,27). The van der Waals surface area contributed by atoms with E-state index in [1.165, 1.54) is 6.42 Å². The number of alkyl halides is 1. The number of hydrogen-bond acceptors (Lipinski definition) is 4. The topological polar surface area (TPSA) is 84.5 Å². The van der Waals surface area contributed by atoms with Crippen LogP contribution < -0.4 is 10.6 Å². The van der Waals surface area contributed by atoms with Gasteiger partial charge >= 0.3 is 12.0 Å². The number of ether oxygens (including phenoxy) is 1. The zero-order chi connectivity index (χ0) is 19.8. The van der Waals surface area contributed by atoms with E-state index in [1.54, 1.807) is 0 Å². The number of rotatable bonds is 5. The number of hydrogen-bond donors (Lipinski definition) is 2. The number of imide groups is 1. The number of esters is 1. The highest BCUT2D eigenvalue weighted by Crippen LogP contribution is 2.64. The Morgan fingerprint density at radius 1 is 1.07 bits per heavy atom. The van der Waals surface area contributed by atoms with E-state index in [1.807, 2.05) is 30.3 Å². The molecule has 2 unspecified atom stereocenters. The molecule has 0 aromatic heterocycles. The summed E-state index contributed by atoms with van der Waals surface area (Å²) in [5, 5.41) is 4.82. The molecular formula is C21H25BrN2O4. The molecule has 4 saturated carbocycles. The lowest BCUT2D eigenvalue weighted by Gasteiger charge is -2.58. The van der Waals surface area contributed by atoms with Crippen molar-refractivity contribution in [3.63, 3.8) is 0 Å². The number of carbonyl (C=O) groups excluding carboxylic acids is 3. The first-order valence-corrected chi connectivity index (χ1v) is 10.6. The third-order valence-corrected chi connectivity index (χ3v) is 7.23. The highest BCUT2D eigenvalue weighted by Gasteiger charge is 2.60. The maximum absolute atomic E-state index is 12.8. The van der Waals surface area contributed by atoms with E-state index in [4.69, 9.17) is 4.74 Å². The first-order valence-electron chi connectivity index (χ1n) is 9.84. The summed E-state index contributed by atoms with van der Waals surface area (Å²) in [4.78, 5) is 36.7. The molecular weight excluding hydrogens is 424 g/mol. The Bertz CT molecular complexity index is 768. The minimum Gasteiger partial charge on any atom is -0.455 e. The van der Waals surface area contributed by atoms with Crippen molar-refractivity contribution in [1.29, 1.82) is 0 Å². The molecule has 0 aliphatic heterocycles. The van der Waals surface area contributed by atoms with Crippen molar-refractivity contribution in [1.82, 2.24) is 10.6 Å². The van der Waals surface area contributed by atoms with Crippen LogP contribution in [0.3, 0.4) is 0 Å². The maximum atomic E-state index is 12.8. The van der Waals surface area contributed by atoms with Gasteiger partial charge in [0.05, 0.1) is 5.41 Å². The van der Waals surface area contributed by atoms with Gasteiger partial charge in [-0.3, -0.25) is 14.9 Å². The fourth-order valence-corrected chi connectivity index (χ4v) is 7.11. The van der Waals surface area contributed by atoms with Gasteiger partial charge in [0.25, 0.3) is 5.91 Å². The molecule has 2 atom stereocenters. The van der Waals surface area contributed by atoms with Gasteiger partial charge in [0.1, 0.15) is 0 Å². The second-order valence-electron chi connectivity index (χ2n) is 8.68. The number of urea groups is 1. The summed E-state index contributed by atoms with van der Waals surface area (Å²) in [7, 11) is 0. The van der Waals surface area contributed by atoms with Crippen LogP contribution in [0.15, 0.2) is 30.3 Å². The summed E-state index contributed by atoms with van der Waals surface area (Å²) in [6.45, 7) is -0.108. The van der Waals surface area contributed by atoms with Crippen LogP contribution in [0, 0.1) is 17.3 Å². The van der Waals surface area contributed by atoms with Gasteiger partial charge < -0.3 is 10.1 Å². The SMILES string of the molecule is O=C(COC(=O)C12CC3CC(CC(Br)(C3)C1)C2)NC(=O)NCc1ccccc1. The molecule has 4 aliphatic rings. The van der Waals surface area contributed by atoms with Gasteiger partial charge in [0, 0.05) is 10.9 Å². The number of halogens is 1. The highest BCUT2D eigenvalue weighted by molar-refractivity contribution is 9.10. The van der Waals surface area contributed by atoms with Crippen LogP contribution in [-0.2, 0) is 20.9 Å². The average molecular weight is 449 g/mol. The van der Waals surface area contributed by atoms with Crippen molar-refractivity contribution in [2.45, 2.75) is 49.4 Å². The number of carbonyl (C=O) groups is 3. The fraction of sp³-hybridized carbons (Fsp3) is 0.571. The Morgan fingerprint density at radius 3 is 2.39 bits per heavy atom. The summed E-state index contributed by atoms with van der Waals surface area (Å²) >= 11 is 3.87. The lowest BCUT2D eigenvalue weighted by atomic mass is 9.49. The van der Waals surface area contributed by atoms with Gasteiger partial charge in [0.15, 0.2) is 6.61 Å². The monoisotopic (exact) mass is 448 g/mol. The molecule has 6 nitrogen and oxygen atoms in total. The molecule has 7 heteroatoms. The molecule has 3 amide bonds. The predicted octanol–water partition coefficient (Wildman–Crippen LogP) is 3.29. The number of benzene rings is 1. The summed E-state index contributed by atoms with van der Waals surface area (Å²) in [6.07, 6.45) is 5.94. The predicted molar refractivity (Wildman–Crippen MR) is 107 cm³/mol. The van der Waals surface area contributed by atoms with E-state index >= 15 is 0 Å². The summed E-state index contributed by atoms with van der Waals surface area (Å²) < 4.78 is 5.40. The molecule has 1 aromatic rings. The van der Waals surface area contributed by atoms with Crippen LogP contribution in [0.2, 0.25) is 0 Å². The first kappa shape index (κ1) is 19.4. The Hall–Kier alpha value is -1.89. The second-order valence-corrected chi connectivity index (χ2v) is 10.4. The van der Waals surface area contributed by atoms with Gasteiger partial charge in [0.2, 0.25) is 0 Å². The van der Waals surface area contributed by atoms with Crippen LogP contribution >= 0.6 is 15.9 Å². The molecule has 1 aromatic carbocycles. The Morgan fingerprint density at radius 2 is 1.75 bits per heavy atom. The van der Waals surface area contributed by atoms with Gasteiger partial charge in [-0.15, -0.1) is 0 Å². The van der Waals surface area contributed by atoms with Crippen LogP contribution in [-0.4, -0.2) is 28.8 Å². The molecule has 0 saturated heterocycles. The largest absolute Gasteiger partial charge is 0.455 e. The molecule has 0 spiro atoms. The van der Waals surface area contributed by atoms with Crippen LogP contribution in [0.25, 0.3) is 0 Å². The first-order chi connectivity index (χ1) is 13.4. The zero-order valence-electron chi connectivity index (χ0n) is 15.7. The second kappa shape index (κ2) is 7.50. The van der Waals surface area contributed by atoms with Gasteiger partial charge in [-0.2, -0.15) is 0 Å². The zero-order valence-corrected chi connectivity index (χ0v) is 17.3. The number of nitrogens with one attached hydrogen (secondary N) is 2. The molecule has 2 N–H and O–H groups in total. The van der Waals surface area contributed by atoms with E-state index in [-0.39, 0.29) is 10.3 Å². The quantitative estimate of drug-likeness (QED) is 0.534. The lowest BCUT2D eigenvalue weighted by Crippen LogP contribution is -2.56. The Labute approximate surface area is 172 Å². The molecule has 150 valence electrons. The minimum absolute atomic E-state index is 0.0513. The molecule has 4 aliphatic carbocycles.